The van der Waals surface area contributed by atoms with Gasteiger partial charge in [-0.05, 0) is 55.5 Å². The Morgan fingerprint density at radius 3 is 2.35 bits per heavy atom. The number of rotatable bonds is 8. The summed E-state index contributed by atoms with van der Waals surface area (Å²) in [4.78, 5) is 24.8. The van der Waals surface area contributed by atoms with E-state index in [9.17, 15) is 28.1 Å². The van der Waals surface area contributed by atoms with Crippen LogP contribution in [-0.4, -0.2) is 34.2 Å². The number of alkyl halides is 3. The van der Waals surface area contributed by atoms with E-state index in [1.807, 2.05) is 0 Å². The monoisotopic (exact) mass is 598 g/mol. The number of benzene rings is 3. The van der Waals surface area contributed by atoms with Crippen molar-refractivity contribution in [2.75, 3.05) is 13.2 Å². The number of carboxylic acid groups (broad SMARTS) is 1. The first kappa shape index (κ1) is 30.3. The third kappa shape index (κ3) is 7.87. The topological polar surface area (TPSA) is 121 Å². The second kappa shape index (κ2) is 13.2. The number of nitrogens with zero attached hydrogens (tertiary/aromatic N) is 2. The summed E-state index contributed by atoms with van der Waals surface area (Å²) >= 11 is 11.8. The molecule has 0 saturated carbocycles. The largest absolute Gasteiger partial charge is 0.487 e. The average Bonchev–Trinajstić information content (AvgIpc) is 2.89. The van der Waals surface area contributed by atoms with Crippen LogP contribution in [0.5, 0.6) is 23.0 Å². The standard InChI is InChI=1S/C15H11ClF3NO4.C11H8ClNO3/c1-2-23-14-8-10(4-5-12(14)20(21)22)24-13-6-3-9(7-11(13)16)15(17,18)19;12-8-3-4-9(16-6-10(14)15)11-7(8)2-1-5-13-11/h3-8H,2H2,1H3;1-5H,6H2,(H,14,15). The molecule has 0 radical (unpaired) electrons. The third-order valence-corrected chi connectivity index (χ3v) is 5.57. The van der Waals surface area contributed by atoms with E-state index in [0.29, 0.717) is 16.3 Å². The number of ether oxygens (including phenoxy) is 3. The minimum Gasteiger partial charge on any atom is -0.487 e. The number of nitro groups is 1. The maximum Gasteiger partial charge on any atom is 0.416 e. The quantitative estimate of drug-likeness (QED) is 0.161. The summed E-state index contributed by atoms with van der Waals surface area (Å²) in [6.45, 7) is 1.46. The summed E-state index contributed by atoms with van der Waals surface area (Å²) in [7, 11) is 0. The summed E-state index contributed by atoms with van der Waals surface area (Å²) in [6, 6.07) is 13.2. The normalized spacial score (nSPS) is 10.8. The predicted octanol–water partition coefficient (Wildman–Crippen LogP) is 7.81. The van der Waals surface area contributed by atoms with Gasteiger partial charge < -0.3 is 19.3 Å². The molecule has 3 aromatic carbocycles. The minimum atomic E-state index is -4.52. The fourth-order valence-electron chi connectivity index (χ4n) is 3.23. The van der Waals surface area contributed by atoms with Crippen molar-refractivity contribution in [1.82, 2.24) is 4.98 Å². The lowest BCUT2D eigenvalue weighted by atomic mass is 10.2. The van der Waals surface area contributed by atoms with Crippen molar-refractivity contribution in [2.45, 2.75) is 13.1 Å². The van der Waals surface area contributed by atoms with Gasteiger partial charge in [0.15, 0.2) is 6.61 Å². The van der Waals surface area contributed by atoms with Crippen LogP contribution in [0.25, 0.3) is 10.9 Å². The number of hydrogen-bond donors (Lipinski definition) is 1. The average molecular weight is 599 g/mol. The van der Waals surface area contributed by atoms with Gasteiger partial charge in [-0.2, -0.15) is 13.2 Å². The molecule has 1 aromatic heterocycles. The zero-order chi connectivity index (χ0) is 29.4. The summed E-state index contributed by atoms with van der Waals surface area (Å²) < 4.78 is 53.5. The van der Waals surface area contributed by atoms with Gasteiger partial charge in [0.25, 0.3) is 0 Å². The number of carbonyl (C=O) groups is 1. The maximum atomic E-state index is 12.6. The molecule has 0 fully saturated rings. The van der Waals surface area contributed by atoms with Gasteiger partial charge in [0, 0.05) is 23.7 Å². The second-order valence-electron chi connectivity index (χ2n) is 7.69. The van der Waals surface area contributed by atoms with E-state index in [4.69, 9.17) is 42.5 Å². The molecule has 0 atom stereocenters. The third-order valence-electron chi connectivity index (χ3n) is 4.95. The maximum absolute atomic E-state index is 12.6. The zero-order valence-electron chi connectivity index (χ0n) is 20.4. The van der Waals surface area contributed by atoms with Crippen LogP contribution in [0.4, 0.5) is 18.9 Å². The van der Waals surface area contributed by atoms with Crippen LogP contribution in [0, 0.1) is 10.1 Å². The highest BCUT2D eigenvalue weighted by atomic mass is 35.5. The molecule has 0 aliphatic heterocycles. The van der Waals surface area contributed by atoms with Gasteiger partial charge in [-0.25, -0.2) is 4.79 Å². The summed E-state index contributed by atoms with van der Waals surface area (Å²) in [5, 5.41) is 20.5. The molecule has 0 spiro atoms. The summed E-state index contributed by atoms with van der Waals surface area (Å²) in [5.74, 6) is -0.490. The molecule has 4 aromatic rings. The summed E-state index contributed by atoms with van der Waals surface area (Å²) in [5.41, 5.74) is -0.586. The molecule has 1 heterocycles. The number of pyridine rings is 1. The number of hydrogen-bond acceptors (Lipinski definition) is 7. The van der Waals surface area contributed by atoms with Crippen LogP contribution in [-0.2, 0) is 11.0 Å². The van der Waals surface area contributed by atoms with Gasteiger partial charge in [-0.15, -0.1) is 0 Å². The highest BCUT2D eigenvalue weighted by Gasteiger charge is 2.31. The fraction of sp³-hybridized carbons (Fsp3) is 0.154. The van der Waals surface area contributed by atoms with Crippen LogP contribution in [0.15, 0.2) is 66.9 Å². The molecule has 210 valence electrons. The van der Waals surface area contributed by atoms with E-state index in [1.165, 1.54) is 18.2 Å². The first-order chi connectivity index (χ1) is 18.9. The molecular weight excluding hydrogens is 580 g/mol. The number of carboxylic acids is 1. The Morgan fingerprint density at radius 2 is 1.73 bits per heavy atom. The molecule has 0 aliphatic rings. The van der Waals surface area contributed by atoms with Crippen molar-refractivity contribution in [2.24, 2.45) is 0 Å². The predicted molar refractivity (Wildman–Crippen MR) is 141 cm³/mol. The smallest absolute Gasteiger partial charge is 0.416 e. The Kier molecular flexibility index (Phi) is 9.97. The highest BCUT2D eigenvalue weighted by molar-refractivity contribution is 6.35. The first-order valence-electron chi connectivity index (χ1n) is 11.2. The van der Waals surface area contributed by atoms with Crippen molar-refractivity contribution >= 4 is 45.8 Å². The van der Waals surface area contributed by atoms with Gasteiger partial charge >= 0.3 is 17.8 Å². The number of nitro benzene ring substituents is 1. The van der Waals surface area contributed by atoms with Crippen LogP contribution >= 0.6 is 23.2 Å². The van der Waals surface area contributed by atoms with E-state index in [1.54, 1.807) is 37.4 Å². The lowest BCUT2D eigenvalue weighted by Gasteiger charge is -2.12. The van der Waals surface area contributed by atoms with E-state index in [-0.39, 0.29) is 34.6 Å². The van der Waals surface area contributed by atoms with Crippen molar-refractivity contribution in [3.05, 3.63) is 92.6 Å². The Labute approximate surface area is 234 Å². The molecule has 0 saturated heterocycles. The van der Waals surface area contributed by atoms with Crippen LogP contribution in [0.1, 0.15) is 12.5 Å². The Morgan fingerprint density at radius 1 is 1.00 bits per heavy atom. The molecular formula is C26H19Cl2F3N2O7. The van der Waals surface area contributed by atoms with E-state index < -0.39 is 29.2 Å². The Hall–Kier alpha value is -4.29. The van der Waals surface area contributed by atoms with Gasteiger partial charge in [0.2, 0.25) is 5.75 Å². The molecule has 0 bridgehead atoms. The van der Waals surface area contributed by atoms with Gasteiger partial charge in [-0.1, -0.05) is 23.2 Å². The van der Waals surface area contributed by atoms with E-state index in [0.717, 1.165) is 23.6 Å². The highest BCUT2D eigenvalue weighted by Crippen LogP contribution is 2.38. The lowest BCUT2D eigenvalue weighted by Crippen LogP contribution is -2.09. The Balaban J connectivity index is 0.000000238. The first-order valence-corrected chi connectivity index (χ1v) is 12.0. The van der Waals surface area contributed by atoms with Crippen LogP contribution < -0.4 is 14.2 Å². The number of aliphatic carboxylic acids is 1. The summed E-state index contributed by atoms with van der Waals surface area (Å²) in [6.07, 6.45) is -2.91. The molecule has 40 heavy (non-hydrogen) atoms. The van der Waals surface area contributed by atoms with Crippen molar-refractivity contribution in [1.29, 1.82) is 0 Å². The molecule has 0 amide bonds. The van der Waals surface area contributed by atoms with Crippen molar-refractivity contribution < 1.29 is 42.2 Å². The van der Waals surface area contributed by atoms with Crippen LogP contribution in [0.2, 0.25) is 10.0 Å². The van der Waals surface area contributed by atoms with Crippen LogP contribution in [0.3, 0.4) is 0 Å². The second-order valence-corrected chi connectivity index (χ2v) is 8.51. The molecule has 0 unspecified atom stereocenters. The van der Waals surface area contributed by atoms with E-state index >= 15 is 0 Å². The molecule has 1 N–H and O–H groups in total. The number of halogens is 5. The lowest BCUT2D eigenvalue weighted by molar-refractivity contribution is -0.385. The zero-order valence-corrected chi connectivity index (χ0v) is 22.0. The number of aromatic nitrogens is 1. The molecule has 0 aliphatic carbocycles. The molecule has 9 nitrogen and oxygen atoms in total. The van der Waals surface area contributed by atoms with Crippen molar-refractivity contribution in [3.8, 4) is 23.0 Å². The van der Waals surface area contributed by atoms with Crippen molar-refractivity contribution in [3.63, 3.8) is 0 Å². The van der Waals surface area contributed by atoms with Gasteiger partial charge in [0.05, 0.1) is 27.1 Å². The fourth-order valence-corrected chi connectivity index (χ4v) is 3.67. The molecule has 14 heteroatoms. The van der Waals surface area contributed by atoms with Gasteiger partial charge in [-0.3, -0.25) is 15.1 Å². The SMILES string of the molecule is CCOc1cc(Oc2ccc(C(F)(F)F)cc2Cl)ccc1[N+](=O)[O-].O=C(O)COc1ccc(Cl)c2cccnc12. The van der Waals surface area contributed by atoms with E-state index in [2.05, 4.69) is 4.98 Å². The molecule has 4 rings (SSSR count). The van der Waals surface area contributed by atoms with Gasteiger partial charge in [0.1, 0.15) is 22.8 Å². The number of fused-ring (bicyclic) bond motifs is 1. The minimum absolute atomic E-state index is 0.0111. The Bertz CT molecular complexity index is 1530.